The highest BCUT2D eigenvalue weighted by Gasteiger charge is 2.25. The molecule has 0 radical (unpaired) electrons. The van der Waals surface area contributed by atoms with Crippen molar-refractivity contribution in [2.75, 3.05) is 11.9 Å². The largest absolute Gasteiger partial charge is 0.457 e. The number of nitrogens with one attached hydrogen (secondary N) is 2. The van der Waals surface area contributed by atoms with E-state index in [1.54, 1.807) is 12.1 Å². The van der Waals surface area contributed by atoms with Crippen LogP contribution in [0.4, 0.5) is 5.69 Å². The van der Waals surface area contributed by atoms with Gasteiger partial charge in [-0.3, -0.25) is 4.79 Å². The van der Waals surface area contributed by atoms with Gasteiger partial charge in [0.05, 0.1) is 12.1 Å². The Morgan fingerprint density at radius 3 is 2.58 bits per heavy atom. The van der Waals surface area contributed by atoms with Crippen LogP contribution in [-0.2, 0) is 11.2 Å². The van der Waals surface area contributed by atoms with Crippen LogP contribution in [0.2, 0.25) is 5.02 Å². The van der Waals surface area contributed by atoms with Crippen LogP contribution in [-0.4, -0.2) is 18.5 Å². The summed E-state index contributed by atoms with van der Waals surface area (Å²) in [7, 11) is 0. The first-order valence-electron chi connectivity index (χ1n) is 11.2. The maximum Gasteiger partial charge on any atom is 0.237 e. The van der Waals surface area contributed by atoms with Gasteiger partial charge in [0.25, 0.3) is 0 Å². The van der Waals surface area contributed by atoms with E-state index in [2.05, 4.69) is 43.5 Å². The van der Waals surface area contributed by atoms with E-state index in [0.29, 0.717) is 22.9 Å². The maximum atomic E-state index is 13.0. The predicted octanol–water partition coefficient (Wildman–Crippen LogP) is 5.60. The Bertz CT molecular complexity index is 1150. The number of fused-ring (bicyclic) bond motifs is 1. The first kappa shape index (κ1) is 23.1. The van der Waals surface area contributed by atoms with Crippen LogP contribution in [0.25, 0.3) is 0 Å². The second kappa shape index (κ2) is 9.86. The lowest BCUT2D eigenvalue weighted by atomic mass is 9.93. The highest BCUT2D eigenvalue weighted by Crippen LogP contribution is 2.35. The predicted molar refractivity (Wildman–Crippen MR) is 134 cm³/mol. The first-order valence-corrected chi connectivity index (χ1v) is 11.6. The molecule has 0 saturated heterocycles. The number of aryl methyl sites for hydroxylation is 3. The summed E-state index contributed by atoms with van der Waals surface area (Å²) in [6.45, 7) is 7.00. The van der Waals surface area contributed by atoms with Crippen molar-refractivity contribution in [3.8, 4) is 11.5 Å². The molecule has 1 aliphatic heterocycles. The normalized spacial score (nSPS) is 15.8. The van der Waals surface area contributed by atoms with Gasteiger partial charge >= 0.3 is 0 Å². The topological polar surface area (TPSA) is 76.4 Å². The maximum absolute atomic E-state index is 13.0. The molecular formula is C27H30ClN3O2. The molecule has 2 atom stereocenters. The molecule has 2 unspecified atom stereocenters. The van der Waals surface area contributed by atoms with Crippen molar-refractivity contribution in [1.82, 2.24) is 5.32 Å². The number of nitrogens with two attached hydrogens (primary N) is 1. The third-order valence-electron chi connectivity index (χ3n) is 6.10. The molecular weight excluding hydrogens is 434 g/mol. The van der Waals surface area contributed by atoms with Gasteiger partial charge in [-0.2, -0.15) is 0 Å². The van der Waals surface area contributed by atoms with E-state index in [1.165, 1.54) is 16.7 Å². The minimum absolute atomic E-state index is 0.136. The van der Waals surface area contributed by atoms with E-state index in [0.717, 1.165) is 29.8 Å². The lowest BCUT2D eigenvalue weighted by molar-refractivity contribution is -0.123. The lowest BCUT2D eigenvalue weighted by Gasteiger charge is -2.29. The fraction of sp³-hybridized carbons (Fsp3) is 0.296. The van der Waals surface area contributed by atoms with Crippen molar-refractivity contribution in [2.45, 2.75) is 45.7 Å². The zero-order valence-electron chi connectivity index (χ0n) is 19.2. The van der Waals surface area contributed by atoms with Gasteiger partial charge in [0.1, 0.15) is 11.5 Å². The summed E-state index contributed by atoms with van der Waals surface area (Å²) in [6.07, 6.45) is 1.29. The first-order chi connectivity index (χ1) is 15.8. The monoisotopic (exact) mass is 463 g/mol. The summed E-state index contributed by atoms with van der Waals surface area (Å²) in [5.74, 6) is 1.21. The van der Waals surface area contributed by atoms with Crippen molar-refractivity contribution in [3.05, 3.63) is 87.4 Å². The van der Waals surface area contributed by atoms with Gasteiger partial charge in [0, 0.05) is 22.8 Å². The second-order valence-corrected chi connectivity index (χ2v) is 9.21. The molecule has 6 heteroatoms. The number of carbonyl (C=O) groups excluding carboxylic acids is 1. The molecule has 33 heavy (non-hydrogen) atoms. The SMILES string of the molecule is Cc1cc(C)c(CC(N)C(=O)NC2CCNc3ccc(Oc4cccc(Cl)c4)cc32)c(C)c1. The third kappa shape index (κ3) is 5.49. The molecule has 5 nitrogen and oxygen atoms in total. The number of amides is 1. The van der Waals surface area contributed by atoms with E-state index < -0.39 is 6.04 Å². The third-order valence-corrected chi connectivity index (χ3v) is 6.33. The van der Waals surface area contributed by atoms with Crippen molar-refractivity contribution in [1.29, 1.82) is 0 Å². The Kier molecular flexibility index (Phi) is 6.91. The van der Waals surface area contributed by atoms with Gasteiger partial charge in [-0.1, -0.05) is 35.4 Å². The minimum atomic E-state index is -0.616. The zero-order chi connectivity index (χ0) is 23.5. The van der Waals surface area contributed by atoms with Crippen LogP contribution in [0, 0.1) is 20.8 Å². The van der Waals surface area contributed by atoms with Gasteiger partial charge in [-0.25, -0.2) is 0 Å². The Balaban J connectivity index is 1.48. The molecule has 3 aromatic carbocycles. The van der Waals surface area contributed by atoms with Crippen LogP contribution < -0.4 is 21.1 Å². The molecule has 4 N–H and O–H groups in total. The number of hydrogen-bond acceptors (Lipinski definition) is 4. The van der Waals surface area contributed by atoms with E-state index in [-0.39, 0.29) is 11.9 Å². The number of halogens is 1. The summed E-state index contributed by atoms with van der Waals surface area (Å²) >= 11 is 6.07. The summed E-state index contributed by atoms with van der Waals surface area (Å²) < 4.78 is 5.99. The molecule has 1 aliphatic rings. The standard InChI is InChI=1S/C27H30ClN3O2/c1-16-11-17(2)22(18(3)12-16)15-24(29)27(32)31-26-9-10-30-25-8-7-21(14-23(25)26)33-20-6-4-5-19(28)13-20/h4-8,11-14,24,26,30H,9-10,15,29H2,1-3H3,(H,31,32). The molecule has 172 valence electrons. The van der Waals surface area contributed by atoms with Crippen LogP contribution in [0.1, 0.15) is 40.3 Å². The lowest BCUT2D eigenvalue weighted by Crippen LogP contribution is -2.44. The number of benzene rings is 3. The Labute approximate surface area is 200 Å². The van der Waals surface area contributed by atoms with Gasteiger partial charge in [0.15, 0.2) is 0 Å². The molecule has 0 saturated carbocycles. The smallest absolute Gasteiger partial charge is 0.237 e. The van der Waals surface area contributed by atoms with Gasteiger partial charge in [0.2, 0.25) is 5.91 Å². The van der Waals surface area contributed by atoms with Gasteiger partial charge in [-0.15, -0.1) is 0 Å². The van der Waals surface area contributed by atoms with Crippen molar-refractivity contribution >= 4 is 23.2 Å². The molecule has 0 fully saturated rings. The average Bonchev–Trinajstić information content (AvgIpc) is 2.76. The van der Waals surface area contributed by atoms with E-state index in [9.17, 15) is 4.79 Å². The van der Waals surface area contributed by atoms with E-state index in [4.69, 9.17) is 22.1 Å². The summed E-state index contributed by atoms with van der Waals surface area (Å²) in [6, 6.07) is 16.7. The van der Waals surface area contributed by atoms with Crippen molar-refractivity contribution < 1.29 is 9.53 Å². The van der Waals surface area contributed by atoms with Gasteiger partial charge < -0.3 is 21.1 Å². The Hall–Kier alpha value is -3.02. The Morgan fingerprint density at radius 2 is 1.85 bits per heavy atom. The van der Waals surface area contributed by atoms with Crippen molar-refractivity contribution in [2.24, 2.45) is 5.73 Å². The van der Waals surface area contributed by atoms with Crippen LogP contribution in [0.3, 0.4) is 0 Å². The molecule has 0 spiro atoms. The van der Waals surface area contributed by atoms with Gasteiger partial charge in [-0.05, 0) is 86.7 Å². The highest BCUT2D eigenvalue weighted by atomic mass is 35.5. The van der Waals surface area contributed by atoms with E-state index >= 15 is 0 Å². The molecule has 1 heterocycles. The van der Waals surface area contributed by atoms with Crippen LogP contribution in [0.5, 0.6) is 11.5 Å². The molecule has 1 amide bonds. The summed E-state index contributed by atoms with van der Waals surface area (Å²) in [5.41, 5.74) is 13.0. The van der Waals surface area contributed by atoms with E-state index in [1.807, 2.05) is 30.3 Å². The van der Waals surface area contributed by atoms with Crippen LogP contribution >= 0.6 is 11.6 Å². The fourth-order valence-corrected chi connectivity index (χ4v) is 4.68. The average molecular weight is 464 g/mol. The van der Waals surface area contributed by atoms with Crippen molar-refractivity contribution in [3.63, 3.8) is 0 Å². The number of carbonyl (C=O) groups is 1. The molecule has 0 aliphatic carbocycles. The molecule has 0 bridgehead atoms. The second-order valence-electron chi connectivity index (χ2n) is 8.77. The Morgan fingerprint density at radius 1 is 1.12 bits per heavy atom. The highest BCUT2D eigenvalue weighted by molar-refractivity contribution is 6.30. The molecule has 0 aromatic heterocycles. The number of hydrogen-bond donors (Lipinski definition) is 3. The number of ether oxygens (including phenoxy) is 1. The van der Waals surface area contributed by atoms with Crippen LogP contribution in [0.15, 0.2) is 54.6 Å². The molecule has 4 rings (SSSR count). The quantitative estimate of drug-likeness (QED) is 0.444. The zero-order valence-corrected chi connectivity index (χ0v) is 20.0. The summed E-state index contributed by atoms with van der Waals surface area (Å²) in [5, 5.41) is 7.18. The minimum Gasteiger partial charge on any atom is -0.457 e. The number of rotatable bonds is 6. The molecule has 3 aromatic rings. The fourth-order valence-electron chi connectivity index (χ4n) is 4.50. The summed E-state index contributed by atoms with van der Waals surface area (Å²) in [4.78, 5) is 13.0. The number of anilines is 1.